The topological polar surface area (TPSA) is 143 Å². The first-order chi connectivity index (χ1) is 16.9. The molecule has 0 aliphatic heterocycles. The zero-order valence-electron chi connectivity index (χ0n) is 18.8. The Morgan fingerprint density at radius 1 is 1.00 bits per heavy atom. The third kappa shape index (κ3) is 9.09. The van der Waals surface area contributed by atoms with Gasteiger partial charge in [-0.2, -0.15) is 26.3 Å². The van der Waals surface area contributed by atoms with Gasteiger partial charge in [-0.25, -0.2) is 14.6 Å². The molecule has 1 amide bonds. The maximum atomic E-state index is 12.4. The fraction of sp³-hybridized carbons (Fsp3) is 0.238. The highest BCUT2D eigenvalue weighted by molar-refractivity contribution is 7.21. The van der Waals surface area contributed by atoms with Crippen molar-refractivity contribution in [3.63, 3.8) is 0 Å². The lowest BCUT2D eigenvalue weighted by atomic mass is 10.1. The maximum Gasteiger partial charge on any atom is 0.490 e. The SMILES string of the molecule is Cc1nc2sc(C(=O)NCc3ccccc3)c(N)c2c(C)c1Cl.O=C(O)C(F)(F)F.O=C(O)C(F)(F)F. The average molecular weight is 574 g/mol. The van der Waals surface area contributed by atoms with Gasteiger partial charge in [-0.05, 0) is 25.0 Å². The van der Waals surface area contributed by atoms with Gasteiger partial charge < -0.3 is 21.3 Å². The monoisotopic (exact) mass is 573 g/mol. The molecule has 5 N–H and O–H groups in total. The molecule has 2 heterocycles. The van der Waals surface area contributed by atoms with Gasteiger partial charge in [0.25, 0.3) is 5.91 Å². The van der Waals surface area contributed by atoms with Crippen molar-refractivity contribution < 1.29 is 50.9 Å². The summed E-state index contributed by atoms with van der Waals surface area (Å²) in [6.45, 7) is 4.20. The van der Waals surface area contributed by atoms with Gasteiger partial charge in [0, 0.05) is 11.9 Å². The number of carbonyl (C=O) groups excluding carboxylic acids is 1. The molecule has 0 saturated heterocycles. The molecule has 8 nitrogen and oxygen atoms in total. The van der Waals surface area contributed by atoms with Crippen LogP contribution in [0.4, 0.5) is 32.0 Å². The van der Waals surface area contributed by atoms with Crippen LogP contribution < -0.4 is 11.1 Å². The molecule has 0 unspecified atom stereocenters. The van der Waals surface area contributed by atoms with Gasteiger partial charge in [-0.3, -0.25) is 4.79 Å². The number of aliphatic carboxylic acids is 2. The minimum Gasteiger partial charge on any atom is -0.475 e. The van der Waals surface area contributed by atoms with E-state index in [4.69, 9.17) is 37.1 Å². The Morgan fingerprint density at radius 3 is 1.89 bits per heavy atom. The first-order valence-corrected chi connectivity index (χ1v) is 10.8. The summed E-state index contributed by atoms with van der Waals surface area (Å²) < 4.78 is 63.5. The van der Waals surface area contributed by atoms with Crippen LogP contribution in [0.2, 0.25) is 5.02 Å². The lowest BCUT2D eigenvalue weighted by molar-refractivity contribution is -0.193. The van der Waals surface area contributed by atoms with Crippen LogP contribution in [-0.4, -0.2) is 45.4 Å². The molecule has 16 heteroatoms. The number of aryl methyl sites for hydroxylation is 2. The summed E-state index contributed by atoms with van der Waals surface area (Å²) in [4.78, 5) is 35.9. The van der Waals surface area contributed by atoms with Gasteiger partial charge in [0.1, 0.15) is 9.71 Å². The van der Waals surface area contributed by atoms with Gasteiger partial charge >= 0.3 is 24.3 Å². The minimum atomic E-state index is -5.08. The Kier molecular flexibility index (Phi) is 10.7. The highest BCUT2D eigenvalue weighted by Crippen LogP contribution is 2.38. The van der Waals surface area contributed by atoms with Crippen molar-refractivity contribution in [2.24, 2.45) is 0 Å². The molecule has 3 aromatic rings. The van der Waals surface area contributed by atoms with Gasteiger partial charge in [0.15, 0.2) is 0 Å². The number of amides is 1. The number of carboxylic acids is 2. The van der Waals surface area contributed by atoms with Crippen LogP contribution in [0, 0.1) is 13.8 Å². The predicted octanol–water partition coefficient (Wildman–Crippen LogP) is 5.35. The molecule has 1 aromatic carbocycles. The third-order valence-corrected chi connectivity index (χ3v) is 5.86. The second kappa shape index (κ2) is 12.6. The molecule has 3 rings (SSSR count). The van der Waals surface area contributed by atoms with Crippen LogP contribution in [0.3, 0.4) is 0 Å². The summed E-state index contributed by atoms with van der Waals surface area (Å²) in [5.74, 6) is -5.71. The molecule has 0 aliphatic carbocycles. The van der Waals surface area contributed by atoms with E-state index < -0.39 is 24.3 Å². The van der Waals surface area contributed by atoms with Gasteiger partial charge in [0.05, 0.1) is 16.4 Å². The van der Waals surface area contributed by atoms with Crippen molar-refractivity contribution in [1.29, 1.82) is 0 Å². The zero-order chi connectivity index (χ0) is 28.7. The number of carboxylic acid groups (broad SMARTS) is 2. The molecular weight excluding hydrogens is 556 g/mol. The normalized spacial score (nSPS) is 11.1. The number of rotatable bonds is 3. The second-order valence-corrected chi connectivity index (χ2v) is 8.31. The van der Waals surface area contributed by atoms with E-state index in [-0.39, 0.29) is 5.91 Å². The number of nitrogens with two attached hydrogens (primary N) is 1. The first-order valence-electron chi connectivity index (χ1n) is 9.64. The summed E-state index contributed by atoms with van der Waals surface area (Å²) in [5.41, 5.74) is 9.27. The van der Waals surface area contributed by atoms with E-state index >= 15 is 0 Å². The lowest BCUT2D eigenvalue weighted by Crippen LogP contribution is -2.22. The highest BCUT2D eigenvalue weighted by Gasteiger charge is 2.38. The first kappa shape index (κ1) is 31.4. The number of thiophene rings is 1. The predicted molar refractivity (Wildman–Crippen MR) is 124 cm³/mol. The number of halogens is 7. The molecule has 2 aromatic heterocycles. The van der Waals surface area contributed by atoms with E-state index in [1.54, 1.807) is 0 Å². The number of fused-ring (bicyclic) bond motifs is 1. The van der Waals surface area contributed by atoms with Crippen molar-refractivity contribution in [1.82, 2.24) is 10.3 Å². The van der Waals surface area contributed by atoms with Crippen molar-refractivity contribution in [2.75, 3.05) is 5.73 Å². The quantitative estimate of drug-likeness (QED) is 0.310. The van der Waals surface area contributed by atoms with Crippen LogP contribution in [0.15, 0.2) is 30.3 Å². The fourth-order valence-corrected chi connectivity index (χ4v) is 3.74. The van der Waals surface area contributed by atoms with E-state index in [2.05, 4.69) is 10.3 Å². The number of hydrogen-bond donors (Lipinski definition) is 4. The van der Waals surface area contributed by atoms with Crippen LogP contribution in [0.25, 0.3) is 10.2 Å². The van der Waals surface area contributed by atoms with E-state index in [1.165, 1.54) is 11.3 Å². The Hall–Kier alpha value is -3.59. The number of nitrogens with one attached hydrogen (secondary N) is 1. The summed E-state index contributed by atoms with van der Waals surface area (Å²) in [5, 5.41) is 18.5. The van der Waals surface area contributed by atoms with Crippen LogP contribution >= 0.6 is 22.9 Å². The molecule has 0 saturated carbocycles. The van der Waals surface area contributed by atoms with Crippen LogP contribution in [0.5, 0.6) is 0 Å². The number of alkyl halides is 6. The van der Waals surface area contributed by atoms with Gasteiger partial charge in [0.2, 0.25) is 0 Å². The Labute approximate surface area is 213 Å². The molecular formula is C21H18ClF6N3O5S. The fourth-order valence-electron chi connectivity index (χ4n) is 2.48. The summed E-state index contributed by atoms with van der Waals surface area (Å²) in [6, 6.07) is 9.74. The largest absolute Gasteiger partial charge is 0.490 e. The lowest BCUT2D eigenvalue weighted by Gasteiger charge is -2.05. The number of nitrogens with zero attached hydrogens (tertiary/aromatic N) is 1. The standard InChI is InChI=1S/C17H16ClN3OS.2C2HF3O2/c1-9-12-14(19)15(23-17(12)21-10(2)13(9)18)16(22)20-8-11-6-4-3-5-7-11;2*3-2(4,5)1(6)7/h3-7H,8,19H2,1-2H3,(H,20,22);2*(H,6,7). The number of hydrogen-bond acceptors (Lipinski definition) is 6. The van der Waals surface area contributed by atoms with Crippen molar-refractivity contribution in [3.05, 3.63) is 57.1 Å². The summed E-state index contributed by atoms with van der Waals surface area (Å²) in [7, 11) is 0. The number of nitrogen functional groups attached to an aromatic ring is 1. The average Bonchev–Trinajstić information content (AvgIpc) is 3.12. The molecule has 0 aliphatic rings. The van der Waals surface area contributed by atoms with Crippen LogP contribution in [0.1, 0.15) is 26.5 Å². The van der Waals surface area contributed by atoms with Crippen LogP contribution in [-0.2, 0) is 16.1 Å². The number of benzene rings is 1. The highest BCUT2D eigenvalue weighted by atomic mass is 35.5. The zero-order valence-corrected chi connectivity index (χ0v) is 20.4. The molecule has 37 heavy (non-hydrogen) atoms. The molecule has 0 radical (unpaired) electrons. The van der Waals surface area contributed by atoms with Gasteiger partial charge in [-0.15, -0.1) is 11.3 Å². The van der Waals surface area contributed by atoms with Crippen molar-refractivity contribution in [3.8, 4) is 0 Å². The summed E-state index contributed by atoms with van der Waals surface area (Å²) >= 11 is 7.54. The molecule has 202 valence electrons. The Balaban J connectivity index is 0.000000404. The molecule has 0 atom stereocenters. The smallest absolute Gasteiger partial charge is 0.475 e. The maximum absolute atomic E-state index is 12.4. The molecule has 0 spiro atoms. The van der Waals surface area contributed by atoms with E-state index in [0.29, 0.717) is 22.1 Å². The number of pyridine rings is 1. The Morgan fingerprint density at radius 2 is 1.46 bits per heavy atom. The van der Waals surface area contributed by atoms with Crippen molar-refractivity contribution in [2.45, 2.75) is 32.7 Å². The third-order valence-electron chi connectivity index (χ3n) is 4.20. The van der Waals surface area contributed by atoms with E-state index in [9.17, 15) is 31.1 Å². The number of carbonyl (C=O) groups is 3. The van der Waals surface area contributed by atoms with E-state index in [1.807, 2.05) is 44.2 Å². The molecule has 0 bridgehead atoms. The minimum absolute atomic E-state index is 0.192. The summed E-state index contributed by atoms with van der Waals surface area (Å²) in [6.07, 6.45) is -10.2. The van der Waals surface area contributed by atoms with Gasteiger partial charge in [-0.1, -0.05) is 41.9 Å². The number of anilines is 1. The van der Waals surface area contributed by atoms with Crippen molar-refractivity contribution >= 4 is 56.7 Å². The number of aromatic nitrogens is 1. The van der Waals surface area contributed by atoms with E-state index in [0.717, 1.165) is 27.0 Å². The second-order valence-electron chi connectivity index (χ2n) is 6.94. The Bertz CT molecular complexity index is 1260. The molecule has 0 fully saturated rings.